The molecule has 1 aliphatic heterocycles. The molecular formula is C23H19Cl2N3O2S. The molecule has 0 bridgehead atoms. The number of thiophene rings is 1. The van der Waals surface area contributed by atoms with Crippen LogP contribution < -0.4 is 10.6 Å². The molecule has 0 saturated carbocycles. The topological polar surface area (TPSA) is 59.9 Å². The molecule has 0 radical (unpaired) electrons. The molecule has 1 aromatic heterocycles. The normalized spacial score (nSPS) is 16.2. The fourth-order valence-electron chi connectivity index (χ4n) is 3.80. The molecule has 2 N–H and O–H groups in total. The largest absolute Gasteiger partial charge is 0.377 e. The Balaban J connectivity index is 1.82. The number of anilines is 1. The molecule has 158 valence electrons. The predicted molar refractivity (Wildman–Crippen MR) is 127 cm³/mol. The average Bonchev–Trinajstić information content (AvgIpc) is 3.14. The molecule has 2 heterocycles. The first kappa shape index (κ1) is 21.7. The summed E-state index contributed by atoms with van der Waals surface area (Å²) in [4.78, 5) is 18.6. The van der Waals surface area contributed by atoms with E-state index in [-0.39, 0.29) is 6.04 Å². The van der Waals surface area contributed by atoms with E-state index in [0.29, 0.717) is 56.5 Å². The van der Waals surface area contributed by atoms with Gasteiger partial charge in [-0.25, -0.2) is 4.85 Å². The Labute approximate surface area is 194 Å². The SMILES string of the molecule is [C-]#[N+]c1c(N2CCOC[C@@H]2Cc2ccccc2)sc(C(N)=O)c1-c1ccc(Cl)cc1Cl. The molecule has 1 saturated heterocycles. The summed E-state index contributed by atoms with van der Waals surface area (Å²) in [5, 5.41) is 1.56. The van der Waals surface area contributed by atoms with Crippen LogP contribution in [0, 0.1) is 6.57 Å². The van der Waals surface area contributed by atoms with Crippen LogP contribution in [0.1, 0.15) is 15.2 Å². The fraction of sp³-hybridized carbons (Fsp3) is 0.217. The highest BCUT2D eigenvalue weighted by atomic mass is 35.5. The maximum Gasteiger partial charge on any atom is 0.258 e. The number of morpholine rings is 1. The molecule has 0 spiro atoms. The maximum absolute atomic E-state index is 12.3. The summed E-state index contributed by atoms with van der Waals surface area (Å²) in [6, 6.07) is 15.2. The van der Waals surface area contributed by atoms with E-state index in [1.54, 1.807) is 18.2 Å². The number of hydrogen-bond donors (Lipinski definition) is 1. The zero-order chi connectivity index (χ0) is 22.0. The maximum atomic E-state index is 12.3. The van der Waals surface area contributed by atoms with E-state index in [9.17, 15) is 4.79 Å². The second kappa shape index (κ2) is 9.29. The molecule has 1 amide bonds. The van der Waals surface area contributed by atoms with Crippen LogP contribution in [0.2, 0.25) is 10.0 Å². The van der Waals surface area contributed by atoms with Gasteiger partial charge in [-0.3, -0.25) is 4.79 Å². The summed E-state index contributed by atoms with van der Waals surface area (Å²) in [7, 11) is 0. The van der Waals surface area contributed by atoms with Crippen LogP contribution in [0.3, 0.4) is 0 Å². The number of nitrogens with two attached hydrogens (primary N) is 1. The van der Waals surface area contributed by atoms with Gasteiger partial charge in [-0.05, 0) is 29.7 Å². The van der Waals surface area contributed by atoms with Crippen molar-refractivity contribution in [2.45, 2.75) is 12.5 Å². The van der Waals surface area contributed by atoms with Crippen LogP contribution in [-0.2, 0) is 11.2 Å². The molecule has 5 nitrogen and oxygen atoms in total. The van der Waals surface area contributed by atoms with Gasteiger partial charge in [0.05, 0.1) is 35.7 Å². The first-order chi connectivity index (χ1) is 15.0. The Morgan fingerprint density at radius 3 is 2.71 bits per heavy atom. The van der Waals surface area contributed by atoms with Gasteiger partial charge in [0.25, 0.3) is 5.91 Å². The molecular weight excluding hydrogens is 453 g/mol. The summed E-state index contributed by atoms with van der Waals surface area (Å²) in [6.07, 6.45) is 0.763. The van der Waals surface area contributed by atoms with Gasteiger partial charge in [0.1, 0.15) is 0 Å². The quantitative estimate of drug-likeness (QED) is 0.476. The van der Waals surface area contributed by atoms with Crippen molar-refractivity contribution in [2.24, 2.45) is 5.73 Å². The number of nitrogens with zero attached hydrogens (tertiary/aromatic N) is 2. The zero-order valence-corrected chi connectivity index (χ0v) is 18.8. The lowest BCUT2D eigenvalue weighted by molar-refractivity contribution is 0.0945. The van der Waals surface area contributed by atoms with Crippen LogP contribution in [0.4, 0.5) is 10.7 Å². The van der Waals surface area contributed by atoms with Gasteiger partial charge >= 0.3 is 0 Å². The Morgan fingerprint density at radius 2 is 2.03 bits per heavy atom. The summed E-state index contributed by atoms with van der Waals surface area (Å²) in [5.41, 5.74) is 8.31. The van der Waals surface area contributed by atoms with Crippen molar-refractivity contribution in [1.29, 1.82) is 0 Å². The molecule has 0 aliphatic carbocycles. The number of benzene rings is 2. The van der Waals surface area contributed by atoms with Gasteiger partial charge in [0.2, 0.25) is 5.69 Å². The Kier molecular flexibility index (Phi) is 6.49. The smallest absolute Gasteiger partial charge is 0.258 e. The lowest BCUT2D eigenvalue weighted by Gasteiger charge is -2.37. The number of primary amides is 1. The lowest BCUT2D eigenvalue weighted by atomic mass is 10.0. The fourth-order valence-corrected chi connectivity index (χ4v) is 5.51. The second-order valence-electron chi connectivity index (χ2n) is 7.17. The highest BCUT2D eigenvalue weighted by Gasteiger charge is 2.32. The van der Waals surface area contributed by atoms with E-state index < -0.39 is 5.91 Å². The van der Waals surface area contributed by atoms with Crippen molar-refractivity contribution in [3.63, 3.8) is 0 Å². The minimum atomic E-state index is -0.588. The van der Waals surface area contributed by atoms with Gasteiger partial charge in [-0.15, -0.1) is 11.3 Å². The molecule has 1 aliphatic rings. The van der Waals surface area contributed by atoms with Gasteiger partial charge in [0.15, 0.2) is 0 Å². The molecule has 1 fully saturated rings. The summed E-state index contributed by atoms with van der Waals surface area (Å²) < 4.78 is 5.74. The Bertz CT molecular complexity index is 1160. The predicted octanol–water partition coefficient (Wildman–Crippen LogP) is 5.82. The third kappa shape index (κ3) is 4.41. The summed E-state index contributed by atoms with van der Waals surface area (Å²) in [6.45, 7) is 9.60. The van der Waals surface area contributed by atoms with E-state index in [1.807, 2.05) is 18.2 Å². The first-order valence-corrected chi connectivity index (χ1v) is 11.2. The monoisotopic (exact) mass is 471 g/mol. The van der Waals surface area contributed by atoms with Crippen LogP contribution in [0.25, 0.3) is 16.0 Å². The van der Waals surface area contributed by atoms with Gasteiger partial charge in [0, 0.05) is 22.2 Å². The van der Waals surface area contributed by atoms with Crippen LogP contribution in [-0.4, -0.2) is 31.7 Å². The number of rotatable bonds is 5. The molecule has 0 unspecified atom stereocenters. The van der Waals surface area contributed by atoms with E-state index in [2.05, 4.69) is 21.9 Å². The van der Waals surface area contributed by atoms with Gasteiger partial charge < -0.3 is 15.4 Å². The summed E-state index contributed by atoms with van der Waals surface area (Å²) in [5.74, 6) is -0.588. The van der Waals surface area contributed by atoms with Crippen LogP contribution >= 0.6 is 34.5 Å². The minimum absolute atomic E-state index is 0.0320. The zero-order valence-electron chi connectivity index (χ0n) is 16.5. The summed E-state index contributed by atoms with van der Waals surface area (Å²) >= 11 is 13.7. The minimum Gasteiger partial charge on any atom is -0.377 e. The standard InChI is InChI=1S/C23H19Cl2N3O2S/c1-27-20-19(17-8-7-15(24)12-18(17)25)21(22(26)29)31-23(20)28-9-10-30-13-16(28)11-14-5-3-2-4-6-14/h2-8,12,16H,9-11,13H2,(H2,26,29)/t16-/m0/s1. The number of amides is 1. The van der Waals surface area contributed by atoms with Crippen molar-refractivity contribution >= 4 is 51.1 Å². The number of halogens is 2. The van der Waals surface area contributed by atoms with Crippen molar-refractivity contribution < 1.29 is 9.53 Å². The number of carbonyl (C=O) groups excluding carboxylic acids is 1. The van der Waals surface area contributed by atoms with Crippen molar-refractivity contribution in [3.05, 3.63) is 80.4 Å². The van der Waals surface area contributed by atoms with Crippen LogP contribution in [0.5, 0.6) is 0 Å². The van der Waals surface area contributed by atoms with E-state index in [0.717, 1.165) is 6.42 Å². The average molecular weight is 472 g/mol. The van der Waals surface area contributed by atoms with Crippen molar-refractivity contribution in [1.82, 2.24) is 0 Å². The molecule has 3 aromatic rings. The molecule has 8 heteroatoms. The first-order valence-electron chi connectivity index (χ1n) is 9.67. The molecule has 4 rings (SSSR count). The highest BCUT2D eigenvalue weighted by Crippen LogP contribution is 2.50. The van der Waals surface area contributed by atoms with Gasteiger partial charge in [-0.2, -0.15) is 0 Å². The highest BCUT2D eigenvalue weighted by molar-refractivity contribution is 7.19. The second-order valence-corrected chi connectivity index (χ2v) is 9.01. The van der Waals surface area contributed by atoms with Crippen molar-refractivity contribution in [2.75, 3.05) is 24.7 Å². The molecule has 2 aromatic carbocycles. The van der Waals surface area contributed by atoms with Gasteiger partial charge in [-0.1, -0.05) is 59.6 Å². The molecule has 1 atom stereocenters. The van der Waals surface area contributed by atoms with E-state index in [1.165, 1.54) is 16.9 Å². The third-order valence-corrected chi connectivity index (χ3v) is 6.98. The van der Waals surface area contributed by atoms with E-state index >= 15 is 0 Å². The lowest BCUT2D eigenvalue weighted by Crippen LogP contribution is -2.46. The molecule has 31 heavy (non-hydrogen) atoms. The van der Waals surface area contributed by atoms with Crippen LogP contribution in [0.15, 0.2) is 48.5 Å². The number of hydrogen-bond acceptors (Lipinski definition) is 4. The third-order valence-electron chi connectivity index (χ3n) is 5.20. The van der Waals surface area contributed by atoms with Crippen molar-refractivity contribution in [3.8, 4) is 11.1 Å². The van der Waals surface area contributed by atoms with E-state index in [4.69, 9.17) is 40.2 Å². The number of ether oxygens (including phenoxy) is 1. The Hall–Kier alpha value is -2.56. The number of carbonyl (C=O) groups is 1. The Morgan fingerprint density at radius 1 is 1.26 bits per heavy atom.